The molecule has 122 valence electrons. The maximum Gasteiger partial charge on any atom is 0.243 e. The Morgan fingerprint density at radius 2 is 1.76 bits per heavy atom. The molecule has 1 aliphatic carbocycles. The number of methoxy groups -OCH3 is 2. The van der Waals surface area contributed by atoms with E-state index in [1.165, 1.54) is 0 Å². The first kappa shape index (κ1) is 16.7. The monoisotopic (exact) mass is 300 g/mol. The van der Waals surface area contributed by atoms with E-state index in [0.717, 1.165) is 0 Å². The minimum atomic E-state index is -0.867. The SMILES string of the molecule is CCOC1CC(N)(C(=O)N2CC(OC)C(OC)C2)C1(C)C. The van der Waals surface area contributed by atoms with Crippen LogP contribution >= 0.6 is 0 Å². The van der Waals surface area contributed by atoms with Crippen LogP contribution < -0.4 is 5.73 Å². The van der Waals surface area contributed by atoms with Crippen LogP contribution in [0.2, 0.25) is 0 Å². The maximum absolute atomic E-state index is 12.9. The zero-order chi connectivity index (χ0) is 15.8. The summed E-state index contributed by atoms with van der Waals surface area (Å²) in [4.78, 5) is 14.6. The summed E-state index contributed by atoms with van der Waals surface area (Å²) in [5.41, 5.74) is 5.21. The highest BCUT2D eigenvalue weighted by Gasteiger charge is 2.64. The Balaban J connectivity index is 2.07. The average Bonchev–Trinajstić information content (AvgIpc) is 2.89. The Morgan fingerprint density at radius 3 is 2.14 bits per heavy atom. The van der Waals surface area contributed by atoms with Gasteiger partial charge in [0.2, 0.25) is 5.91 Å². The minimum absolute atomic E-state index is 0.0231. The molecule has 2 rings (SSSR count). The molecular formula is C15H28N2O4. The molecule has 2 N–H and O–H groups in total. The second-order valence-electron chi connectivity index (χ2n) is 6.60. The molecule has 1 amide bonds. The fourth-order valence-electron chi connectivity index (χ4n) is 3.44. The fourth-order valence-corrected chi connectivity index (χ4v) is 3.44. The lowest BCUT2D eigenvalue weighted by Gasteiger charge is -2.58. The lowest BCUT2D eigenvalue weighted by Crippen LogP contribution is -2.76. The van der Waals surface area contributed by atoms with E-state index in [4.69, 9.17) is 19.9 Å². The Kier molecular flexibility index (Phi) is 4.63. The van der Waals surface area contributed by atoms with Gasteiger partial charge in [0.05, 0.1) is 6.10 Å². The highest BCUT2D eigenvalue weighted by atomic mass is 16.5. The van der Waals surface area contributed by atoms with Crippen LogP contribution in [0.15, 0.2) is 0 Å². The Bertz CT molecular complexity index is 389. The Hall–Kier alpha value is -0.690. The second kappa shape index (κ2) is 5.83. The standard InChI is InChI=1S/C15H28N2O4/c1-6-21-12-7-15(16,14(12,2)3)13(18)17-8-10(19-4)11(9-17)20-5/h10-12H,6-9,16H2,1-5H3. The third-order valence-corrected chi connectivity index (χ3v) is 5.32. The normalized spacial score (nSPS) is 38.4. The summed E-state index contributed by atoms with van der Waals surface area (Å²) in [7, 11) is 3.28. The third-order valence-electron chi connectivity index (χ3n) is 5.32. The van der Waals surface area contributed by atoms with Crippen molar-refractivity contribution < 1.29 is 19.0 Å². The molecule has 0 aromatic heterocycles. The van der Waals surface area contributed by atoms with Gasteiger partial charge < -0.3 is 24.8 Å². The zero-order valence-electron chi connectivity index (χ0n) is 13.7. The smallest absolute Gasteiger partial charge is 0.243 e. The van der Waals surface area contributed by atoms with Gasteiger partial charge in [-0.1, -0.05) is 13.8 Å². The quantitative estimate of drug-likeness (QED) is 0.795. The van der Waals surface area contributed by atoms with Crippen LogP contribution in [-0.2, 0) is 19.0 Å². The maximum atomic E-state index is 12.9. The topological polar surface area (TPSA) is 74.0 Å². The summed E-state index contributed by atoms with van der Waals surface area (Å²) in [5.74, 6) is -0.0231. The number of carbonyl (C=O) groups excluding carboxylic acids is 1. The van der Waals surface area contributed by atoms with E-state index in [1.54, 1.807) is 19.1 Å². The minimum Gasteiger partial charge on any atom is -0.378 e. The van der Waals surface area contributed by atoms with Gasteiger partial charge >= 0.3 is 0 Å². The molecule has 0 aromatic rings. The van der Waals surface area contributed by atoms with E-state index in [1.807, 2.05) is 20.8 Å². The van der Waals surface area contributed by atoms with E-state index in [-0.39, 0.29) is 29.6 Å². The third kappa shape index (κ3) is 2.48. The van der Waals surface area contributed by atoms with E-state index in [2.05, 4.69) is 0 Å². The van der Waals surface area contributed by atoms with Gasteiger partial charge in [-0.15, -0.1) is 0 Å². The molecule has 2 aliphatic rings. The molecule has 0 radical (unpaired) electrons. The van der Waals surface area contributed by atoms with Crippen LogP contribution in [0.25, 0.3) is 0 Å². The molecule has 21 heavy (non-hydrogen) atoms. The summed E-state index contributed by atoms with van der Waals surface area (Å²) in [6.07, 6.45) is 0.427. The van der Waals surface area contributed by atoms with Crippen molar-refractivity contribution in [3.05, 3.63) is 0 Å². The Morgan fingerprint density at radius 1 is 1.24 bits per heavy atom. The average molecular weight is 300 g/mol. The van der Waals surface area contributed by atoms with Crippen molar-refractivity contribution in [2.24, 2.45) is 11.1 Å². The summed E-state index contributed by atoms with van der Waals surface area (Å²) >= 11 is 0. The van der Waals surface area contributed by atoms with Crippen molar-refractivity contribution in [1.29, 1.82) is 0 Å². The van der Waals surface area contributed by atoms with Crippen LogP contribution in [-0.4, -0.2) is 68.6 Å². The molecule has 1 saturated carbocycles. The first-order chi connectivity index (χ1) is 9.81. The van der Waals surface area contributed by atoms with Crippen LogP contribution in [0.5, 0.6) is 0 Å². The number of hydrogen-bond acceptors (Lipinski definition) is 5. The van der Waals surface area contributed by atoms with Crippen molar-refractivity contribution in [1.82, 2.24) is 4.90 Å². The van der Waals surface area contributed by atoms with Crippen molar-refractivity contribution in [2.45, 2.75) is 51.0 Å². The van der Waals surface area contributed by atoms with E-state index in [9.17, 15) is 4.79 Å². The number of nitrogens with two attached hydrogens (primary N) is 1. The number of ether oxygens (including phenoxy) is 3. The molecule has 0 spiro atoms. The van der Waals surface area contributed by atoms with Crippen LogP contribution in [0, 0.1) is 5.41 Å². The number of likely N-dealkylation sites (tertiary alicyclic amines) is 1. The molecular weight excluding hydrogens is 272 g/mol. The van der Waals surface area contributed by atoms with Gasteiger partial charge in [-0.3, -0.25) is 4.79 Å². The lowest BCUT2D eigenvalue weighted by molar-refractivity contribution is -0.178. The van der Waals surface area contributed by atoms with Crippen molar-refractivity contribution in [3.63, 3.8) is 0 Å². The molecule has 6 heteroatoms. The molecule has 1 heterocycles. The van der Waals surface area contributed by atoms with Gasteiger partial charge in [0.25, 0.3) is 0 Å². The number of amides is 1. The Labute approximate surface area is 126 Å². The number of nitrogens with zero attached hydrogens (tertiary/aromatic N) is 1. The van der Waals surface area contributed by atoms with Gasteiger partial charge in [0.1, 0.15) is 17.7 Å². The van der Waals surface area contributed by atoms with Gasteiger partial charge in [0.15, 0.2) is 0 Å². The highest BCUT2D eigenvalue weighted by Crippen LogP contribution is 2.50. The van der Waals surface area contributed by atoms with Crippen molar-refractivity contribution >= 4 is 5.91 Å². The van der Waals surface area contributed by atoms with E-state index in [0.29, 0.717) is 26.1 Å². The van der Waals surface area contributed by atoms with Crippen LogP contribution in [0.3, 0.4) is 0 Å². The van der Waals surface area contributed by atoms with Gasteiger partial charge in [0, 0.05) is 45.8 Å². The lowest BCUT2D eigenvalue weighted by atomic mass is 9.54. The largest absolute Gasteiger partial charge is 0.378 e. The zero-order valence-corrected chi connectivity index (χ0v) is 13.7. The molecule has 1 aliphatic heterocycles. The number of hydrogen-bond donors (Lipinski definition) is 1. The van der Waals surface area contributed by atoms with Crippen molar-refractivity contribution in [2.75, 3.05) is 33.9 Å². The summed E-state index contributed by atoms with van der Waals surface area (Å²) in [6.45, 7) is 7.67. The first-order valence-electron chi connectivity index (χ1n) is 7.57. The molecule has 1 saturated heterocycles. The summed E-state index contributed by atoms with van der Waals surface area (Å²) < 4.78 is 16.5. The molecule has 6 nitrogen and oxygen atoms in total. The molecule has 4 unspecified atom stereocenters. The van der Waals surface area contributed by atoms with Gasteiger partial charge in [-0.2, -0.15) is 0 Å². The van der Waals surface area contributed by atoms with Crippen molar-refractivity contribution in [3.8, 4) is 0 Å². The second-order valence-corrected chi connectivity index (χ2v) is 6.60. The molecule has 4 atom stereocenters. The summed E-state index contributed by atoms with van der Waals surface area (Å²) in [5, 5.41) is 0. The van der Waals surface area contributed by atoms with Crippen LogP contribution in [0.1, 0.15) is 27.2 Å². The van der Waals surface area contributed by atoms with Crippen LogP contribution in [0.4, 0.5) is 0 Å². The molecule has 2 fully saturated rings. The highest BCUT2D eigenvalue weighted by molar-refractivity contribution is 5.89. The van der Waals surface area contributed by atoms with Gasteiger partial charge in [-0.05, 0) is 6.92 Å². The molecule has 0 bridgehead atoms. The number of rotatable bonds is 5. The van der Waals surface area contributed by atoms with E-state index < -0.39 is 5.54 Å². The fraction of sp³-hybridized carbons (Fsp3) is 0.933. The van der Waals surface area contributed by atoms with E-state index >= 15 is 0 Å². The predicted molar refractivity (Wildman–Crippen MR) is 78.9 cm³/mol. The summed E-state index contributed by atoms with van der Waals surface area (Å²) in [6, 6.07) is 0. The predicted octanol–water partition coefficient (Wildman–Crippen LogP) is 0.391. The number of carbonyl (C=O) groups is 1. The first-order valence-corrected chi connectivity index (χ1v) is 7.57. The van der Waals surface area contributed by atoms with Gasteiger partial charge in [-0.25, -0.2) is 0 Å². The molecule has 0 aromatic carbocycles.